The molecule has 1 saturated heterocycles. The quantitative estimate of drug-likeness (QED) is 0.300. The van der Waals surface area contributed by atoms with E-state index in [4.69, 9.17) is 37.7 Å². The van der Waals surface area contributed by atoms with Crippen molar-refractivity contribution >= 4 is 34.6 Å². The topological polar surface area (TPSA) is 59.8 Å². The van der Waals surface area contributed by atoms with E-state index >= 15 is 0 Å². The Kier molecular flexibility index (Phi) is 6.36. The number of benzene rings is 2. The van der Waals surface area contributed by atoms with Gasteiger partial charge in [-0.05, 0) is 73.2 Å². The third-order valence-electron chi connectivity index (χ3n) is 6.13. The van der Waals surface area contributed by atoms with E-state index in [-0.39, 0.29) is 12.1 Å². The van der Waals surface area contributed by atoms with Gasteiger partial charge < -0.3 is 24.1 Å². The van der Waals surface area contributed by atoms with Gasteiger partial charge in [0.1, 0.15) is 29.1 Å². The van der Waals surface area contributed by atoms with Crippen LogP contribution in [0.25, 0.3) is 11.3 Å². The van der Waals surface area contributed by atoms with E-state index in [0.717, 1.165) is 34.0 Å². The maximum absolute atomic E-state index is 6.47. The number of anilines is 1. The fraction of sp³-hybridized carbons (Fsp3) is 0.185. The number of halogens is 1. The molecule has 35 heavy (non-hydrogen) atoms. The summed E-state index contributed by atoms with van der Waals surface area (Å²) < 4.78 is 17.6. The Morgan fingerprint density at radius 3 is 2.63 bits per heavy atom. The van der Waals surface area contributed by atoms with Gasteiger partial charge in [-0.2, -0.15) is 0 Å². The second-order valence-electron chi connectivity index (χ2n) is 8.20. The lowest BCUT2D eigenvalue weighted by molar-refractivity contribution is 0.392. The molecule has 6 nitrogen and oxygen atoms in total. The van der Waals surface area contributed by atoms with E-state index in [9.17, 15) is 0 Å². The standard InChI is InChI=1S/C27H24ClN3O3S/c1-16-7-8-17(28)14-19(16)22-11-12-23(34-22)26-25(20-6-4-5-13-29-20)30-27(35)31(26)21-10-9-18(32-2)15-24(21)33-3/h4-15,25-26H,1-3H3,(H,30,35)/t25-,26-/m0/s1. The highest BCUT2D eigenvalue weighted by Crippen LogP contribution is 2.46. The van der Waals surface area contributed by atoms with Crippen molar-refractivity contribution in [2.45, 2.75) is 19.0 Å². The number of thiocarbonyl (C=S) groups is 1. The first-order valence-electron chi connectivity index (χ1n) is 11.1. The van der Waals surface area contributed by atoms with Gasteiger partial charge in [-0.3, -0.25) is 4.98 Å². The summed E-state index contributed by atoms with van der Waals surface area (Å²) in [6, 6.07) is 20.7. The van der Waals surface area contributed by atoms with E-state index in [1.807, 2.05) is 78.6 Å². The van der Waals surface area contributed by atoms with Crippen molar-refractivity contribution in [1.82, 2.24) is 10.3 Å². The minimum atomic E-state index is -0.312. The maximum atomic E-state index is 6.47. The van der Waals surface area contributed by atoms with Crippen molar-refractivity contribution in [2.75, 3.05) is 19.1 Å². The zero-order chi connectivity index (χ0) is 24.5. The molecule has 0 aliphatic carbocycles. The van der Waals surface area contributed by atoms with Gasteiger partial charge in [0.2, 0.25) is 0 Å². The van der Waals surface area contributed by atoms with Crippen LogP contribution in [-0.2, 0) is 0 Å². The van der Waals surface area contributed by atoms with Crippen molar-refractivity contribution < 1.29 is 13.9 Å². The van der Waals surface area contributed by atoms with E-state index in [2.05, 4.69) is 10.3 Å². The summed E-state index contributed by atoms with van der Waals surface area (Å²) in [5.41, 5.74) is 3.67. The highest BCUT2D eigenvalue weighted by molar-refractivity contribution is 7.80. The van der Waals surface area contributed by atoms with E-state index in [0.29, 0.717) is 21.6 Å². The summed E-state index contributed by atoms with van der Waals surface area (Å²) in [6.45, 7) is 2.03. The van der Waals surface area contributed by atoms with Gasteiger partial charge in [0.05, 0.1) is 31.6 Å². The highest BCUT2D eigenvalue weighted by Gasteiger charge is 2.43. The van der Waals surface area contributed by atoms with Gasteiger partial charge in [0.25, 0.3) is 0 Å². The smallest absolute Gasteiger partial charge is 0.174 e. The second kappa shape index (κ2) is 9.60. The lowest BCUT2D eigenvalue weighted by Crippen LogP contribution is -2.29. The van der Waals surface area contributed by atoms with E-state index in [1.54, 1.807) is 20.4 Å². The van der Waals surface area contributed by atoms with Crippen molar-refractivity contribution in [3.63, 3.8) is 0 Å². The third kappa shape index (κ3) is 4.33. The van der Waals surface area contributed by atoms with Gasteiger partial charge in [0, 0.05) is 22.8 Å². The van der Waals surface area contributed by atoms with Crippen LogP contribution in [0.1, 0.15) is 29.1 Å². The van der Waals surface area contributed by atoms with Crippen LogP contribution in [0.4, 0.5) is 5.69 Å². The minimum absolute atomic E-state index is 0.241. The molecule has 1 fully saturated rings. The number of hydrogen-bond acceptors (Lipinski definition) is 5. The number of rotatable bonds is 6. The fourth-order valence-corrected chi connectivity index (χ4v) is 4.91. The number of hydrogen-bond donors (Lipinski definition) is 1. The molecule has 0 unspecified atom stereocenters. The molecule has 2 atom stereocenters. The third-order valence-corrected chi connectivity index (χ3v) is 6.68. The molecule has 178 valence electrons. The molecule has 2 aromatic carbocycles. The van der Waals surface area contributed by atoms with Crippen molar-refractivity contribution in [2.24, 2.45) is 0 Å². The molecule has 5 rings (SSSR count). The van der Waals surface area contributed by atoms with Crippen LogP contribution in [-0.4, -0.2) is 24.3 Å². The summed E-state index contributed by atoms with van der Waals surface area (Å²) in [6.07, 6.45) is 1.77. The summed E-state index contributed by atoms with van der Waals surface area (Å²) >= 11 is 12.1. The molecular formula is C27H24ClN3O3S. The molecule has 4 aromatic rings. The number of ether oxygens (including phenoxy) is 2. The number of aryl methyl sites for hydroxylation is 1. The molecule has 1 N–H and O–H groups in total. The summed E-state index contributed by atoms with van der Waals surface area (Å²) in [4.78, 5) is 6.61. The monoisotopic (exact) mass is 505 g/mol. The molecule has 0 radical (unpaired) electrons. The number of aromatic nitrogens is 1. The van der Waals surface area contributed by atoms with Crippen molar-refractivity contribution in [1.29, 1.82) is 0 Å². The fourth-order valence-electron chi connectivity index (χ4n) is 4.40. The average molecular weight is 506 g/mol. The predicted octanol–water partition coefficient (Wildman–Crippen LogP) is 6.50. The molecular weight excluding hydrogens is 482 g/mol. The molecule has 0 spiro atoms. The summed E-state index contributed by atoms with van der Waals surface area (Å²) in [5, 5.41) is 4.65. The number of nitrogens with one attached hydrogen (secondary N) is 1. The Bertz CT molecular complexity index is 1380. The molecule has 0 bridgehead atoms. The van der Waals surface area contributed by atoms with Crippen LogP contribution >= 0.6 is 23.8 Å². The van der Waals surface area contributed by atoms with Crippen LogP contribution in [0.2, 0.25) is 5.02 Å². The maximum Gasteiger partial charge on any atom is 0.174 e. The lowest BCUT2D eigenvalue weighted by atomic mass is 10.0. The molecule has 0 saturated carbocycles. The van der Waals surface area contributed by atoms with Crippen molar-refractivity contribution in [3.8, 4) is 22.8 Å². The number of pyridine rings is 1. The van der Waals surface area contributed by atoms with Gasteiger partial charge in [-0.15, -0.1) is 0 Å². The molecule has 8 heteroatoms. The van der Waals surface area contributed by atoms with Crippen LogP contribution in [0.15, 0.2) is 77.3 Å². The molecule has 3 heterocycles. The molecule has 1 aliphatic heterocycles. The van der Waals surface area contributed by atoms with Gasteiger partial charge in [0.15, 0.2) is 5.11 Å². The van der Waals surface area contributed by atoms with Crippen molar-refractivity contribution in [3.05, 3.63) is 95.0 Å². The Balaban J connectivity index is 1.64. The first-order chi connectivity index (χ1) is 17.0. The first kappa shape index (κ1) is 23.2. The Morgan fingerprint density at radius 1 is 1.03 bits per heavy atom. The minimum Gasteiger partial charge on any atom is -0.497 e. The Labute approximate surface area is 214 Å². The zero-order valence-corrected chi connectivity index (χ0v) is 21.1. The Morgan fingerprint density at radius 2 is 1.89 bits per heavy atom. The van der Waals surface area contributed by atoms with Crippen LogP contribution in [0.5, 0.6) is 11.5 Å². The van der Waals surface area contributed by atoms with Gasteiger partial charge in [-0.1, -0.05) is 23.7 Å². The second-order valence-corrected chi connectivity index (χ2v) is 9.02. The Hall–Kier alpha value is -3.55. The van der Waals surface area contributed by atoms with E-state index in [1.165, 1.54) is 0 Å². The molecule has 1 aliphatic rings. The van der Waals surface area contributed by atoms with Crippen LogP contribution < -0.4 is 19.7 Å². The number of methoxy groups -OCH3 is 2. The van der Waals surface area contributed by atoms with E-state index < -0.39 is 0 Å². The largest absolute Gasteiger partial charge is 0.497 e. The summed E-state index contributed by atoms with van der Waals surface area (Å²) in [7, 11) is 3.25. The van der Waals surface area contributed by atoms with Gasteiger partial charge >= 0.3 is 0 Å². The predicted molar refractivity (Wildman–Crippen MR) is 141 cm³/mol. The molecule has 0 amide bonds. The molecule has 2 aromatic heterocycles. The number of nitrogens with zero attached hydrogens (tertiary/aromatic N) is 2. The first-order valence-corrected chi connectivity index (χ1v) is 11.9. The normalized spacial score (nSPS) is 17.4. The van der Waals surface area contributed by atoms with Crippen LogP contribution in [0, 0.1) is 6.92 Å². The summed E-state index contributed by atoms with van der Waals surface area (Å²) in [5.74, 6) is 2.80. The highest BCUT2D eigenvalue weighted by atomic mass is 35.5. The lowest BCUT2D eigenvalue weighted by Gasteiger charge is -2.27. The van der Waals surface area contributed by atoms with Crippen LogP contribution in [0.3, 0.4) is 0 Å². The SMILES string of the molecule is COc1ccc(N2C(=S)N[C@@H](c3ccccn3)[C@@H]2c2ccc(-c3cc(Cl)ccc3C)o2)c(OC)c1. The average Bonchev–Trinajstić information content (AvgIpc) is 3.50. The number of furan rings is 1. The van der Waals surface area contributed by atoms with Gasteiger partial charge in [-0.25, -0.2) is 0 Å². The zero-order valence-electron chi connectivity index (χ0n) is 19.5.